The summed E-state index contributed by atoms with van der Waals surface area (Å²) < 4.78 is 12.3. The average Bonchev–Trinajstić information content (AvgIpc) is 2.41. The van der Waals surface area contributed by atoms with E-state index in [1.54, 1.807) is 43.3 Å². The van der Waals surface area contributed by atoms with Crippen molar-refractivity contribution in [1.29, 1.82) is 0 Å². The summed E-state index contributed by atoms with van der Waals surface area (Å²) in [5.41, 5.74) is 7.52. The Kier molecular flexibility index (Phi) is 4.14. The molecule has 2 aromatic carbocycles. The quantitative estimate of drug-likeness (QED) is 0.533. The SMILES string of the molecule is Cc1c(CS(=O)c2ccc(N)cc2)cccc1[N+](=O)[O-]. The molecule has 0 fully saturated rings. The molecule has 0 bridgehead atoms. The van der Waals surface area contributed by atoms with Crippen molar-refractivity contribution in [1.82, 2.24) is 0 Å². The van der Waals surface area contributed by atoms with Crippen molar-refractivity contribution in [3.63, 3.8) is 0 Å². The highest BCUT2D eigenvalue weighted by Crippen LogP contribution is 2.23. The first-order valence-electron chi connectivity index (χ1n) is 5.96. The Labute approximate surface area is 119 Å². The predicted octanol–water partition coefficient (Wildman–Crippen LogP) is 2.79. The van der Waals surface area contributed by atoms with E-state index in [4.69, 9.17) is 5.73 Å². The van der Waals surface area contributed by atoms with E-state index in [1.165, 1.54) is 6.07 Å². The van der Waals surface area contributed by atoms with Crippen LogP contribution in [0.25, 0.3) is 0 Å². The molecule has 0 amide bonds. The third-order valence-electron chi connectivity index (χ3n) is 3.04. The lowest BCUT2D eigenvalue weighted by atomic mass is 10.1. The molecule has 5 nitrogen and oxygen atoms in total. The van der Waals surface area contributed by atoms with Crippen molar-refractivity contribution in [3.8, 4) is 0 Å². The fourth-order valence-corrected chi connectivity index (χ4v) is 3.07. The number of nitro groups is 1. The van der Waals surface area contributed by atoms with Crippen LogP contribution in [0.1, 0.15) is 11.1 Å². The molecule has 0 aliphatic heterocycles. The molecule has 1 unspecified atom stereocenters. The number of rotatable bonds is 4. The van der Waals surface area contributed by atoms with Gasteiger partial charge in [-0.2, -0.15) is 0 Å². The van der Waals surface area contributed by atoms with E-state index in [-0.39, 0.29) is 11.4 Å². The van der Waals surface area contributed by atoms with Gasteiger partial charge in [0.15, 0.2) is 0 Å². The van der Waals surface area contributed by atoms with Crippen LogP contribution in [-0.2, 0) is 16.6 Å². The summed E-state index contributed by atoms with van der Waals surface area (Å²) in [7, 11) is -1.25. The molecule has 2 aromatic rings. The van der Waals surface area contributed by atoms with Crippen LogP contribution in [0.2, 0.25) is 0 Å². The minimum atomic E-state index is -1.25. The zero-order valence-electron chi connectivity index (χ0n) is 10.9. The Hall–Kier alpha value is -2.21. The van der Waals surface area contributed by atoms with Crippen LogP contribution >= 0.6 is 0 Å². The summed E-state index contributed by atoms with van der Waals surface area (Å²) in [6.07, 6.45) is 0. The van der Waals surface area contributed by atoms with Crippen LogP contribution in [0.4, 0.5) is 11.4 Å². The Morgan fingerprint density at radius 3 is 2.45 bits per heavy atom. The lowest BCUT2D eigenvalue weighted by molar-refractivity contribution is -0.385. The van der Waals surface area contributed by atoms with Crippen molar-refractivity contribution in [2.75, 3.05) is 5.73 Å². The molecule has 0 saturated heterocycles. The second-order valence-electron chi connectivity index (χ2n) is 4.38. The van der Waals surface area contributed by atoms with Gasteiger partial charge >= 0.3 is 0 Å². The number of hydrogen-bond acceptors (Lipinski definition) is 4. The molecule has 2 N–H and O–H groups in total. The molecule has 0 radical (unpaired) electrons. The zero-order chi connectivity index (χ0) is 14.7. The highest BCUT2D eigenvalue weighted by atomic mass is 32.2. The number of anilines is 1. The van der Waals surface area contributed by atoms with Crippen molar-refractivity contribution >= 4 is 22.2 Å². The molecule has 1 atom stereocenters. The Bertz CT molecular complexity index is 669. The van der Waals surface area contributed by atoms with Gasteiger partial charge in [0.25, 0.3) is 5.69 Å². The molecule has 0 spiro atoms. The van der Waals surface area contributed by atoms with Gasteiger partial charge in [-0.15, -0.1) is 0 Å². The molecular formula is C14H14N2O3S. The Morgan fingerprint density at radius 1 is 1.20 bits per heavy atom. The maximum Gasteiger partial charge on any atom is 0.272 e. The smallest absolute Gasteiger partial charge is 0.272 e. The third kappa shape index (κ3) is 3.03. The number of hydrogen-bond donors (Lipinski definition) is 1. The number of benzene rings is 2. The molecule has 104 valence electrons. The number of nitrogen functional groups attached to an aromatic ring is 1. The summed E-state index contributed by atoms with van der Waals surface area (Å²) in [6, 6.07) is 11.6. The second-order valence-corrected chi connectivity index (χ2v) is 5.83. The molecule has 0 aliphatic rings. The molecule has 20 heavy (non-hydrogen) atoms. The minimum absolute atomic E-state index is 0.0526. The molecule has 0 saturated carbocycles. The van der Waals surface area contributed by atoms with Gasteiger partial charge in [0.1, 0.15) is 0 Å². The van der Waals surface area contributed by atoms with Crippen LogP contribution in [0.3, 0.4) is 0 Å². The first-order valence-corrected chi connectivity index (χ1v) is 7.27. The van der Waals surface area contributed by atoms with E-state index in [0.29, 0.717) is 21.7 Å². The van der Waals surface area contributed by atoms with Crippen LogP contribution < -0.4 is 5.73 Å². The van der Waals surface area contributed by atoms with Gasteiger partial charge in [0.05, 0.1) is 21.5 Å². The molecule has 0 heterocycles. The summed E-state index contributed by atoms with van der Waals surface area (Å²) >= 11 is 0. The van der Waals surface area contributed by atoms with Gasteiger partial charge in [0, 0.05) is 22.2 Å². The van der Waals surface area contributed by atoms with Gasteiger partial charge in [-0.3, -0.25) is 14.3 Å². The van der Waals surface area contributed by atoms with Gasteiger partial charge < -0.3 is 5.73 Å². The fourth-order valence-electron chi connectivity index (χ4n) is 1.87. The number of nitrogens with zero attached hydrogens (tertiary/aromatic N) is 1. The Morgan fingerprint density at radius 2 is 1.85 bits per heavy atom. The number of nitrogens with two attached hydrogens (primary N) is 1. The van der Waals surface area contributed by atoms with Gasteiger partial charge in [-0.1, -0.05) is 12.1 Å². The van der Waals surface area contributed by atoms with E-state index in [9.17, 15) is 14.3 Å². The van der Waals surface area contributed by atoms with Crippen molar-refractivity contribution < 1.29 is 9.13 Å². The van der Waals surface area contributed by atoms with Gasteiger partial charge in [0.2, 0.25) is 0 Å². The summed E-state index contributed by atoms with van der Waals surface area (Å²) in [5, 5.41) is 10.9. The van der Waals surface area contributed by atoms with Crippen LogP contribution in [0.5, 0.6) is 0 Å². The molecule has 2 rings (SSSR count). The standard InChI is InChI=1S/C14H14N2O3S/c1-10-11(3-2-4-14(10)16(17)18)9-20(19)13-7-5-12(15)6-8-13/h2-8H,9,15H2,1H3. The van der Waals surface area contributed by atoms with Gasteiger partial charge in [-0.25, -0.2) is 0 Å². The average molecular weight is 290 g/mol. The monoisotopic (exact) mass is 290 g/mol. The lowest BCUT2D eigenvalue weighted by Crippen LogP contribution is -2.01. The van der Waals surface area contributed by atoms with E-state index >= 15 is 0 Å². The second kappa shape index (κ2) is 5.83. The maximum absolute atomic E-state index is 12.3. The van der Waals surface area contributed by atoms with Gasteiger partial charge in [-0.05, 0) is 36.8 Å². The maximum atomic E-state index is 12.3. The summed E-state index contributed by atoms with van der Waals surface area (Å²) in [4.78, 5) is 11.1. The van der Waals surface area contributed by atoms with E-state index < -0.39 is 15.7 Å². The first-order chi connectivity index (χ1) is 9.49. The highest BCUT2D eigenvalue weighted by Gasteiger charge is 2.15. The normalized spacial score (nSPS) is 12.1. The van der Waals surface area contributed by atoms with Crippen LogP contribution in [-0.4, -0.2) is 9.13 Å². The molecule has 6 heteroatoms. The predicted molar refractivity (Wildman–Crippen MR) is 78.8 cm³/mol. The van der Waals surface area contributed by atoms with Crippen LogP contribution in [0, 0.1) is 17.0 Å². The third-order valence-corrected chi connectivity index (χ3v) is 4.41. The first kappa shape index (κ1) is 14.2. The van der Waals surface area contributed by atoms with Crippen molar-refractivity contribution in [2.24, 2.45) is 0 Å². The van der Waals surface area contributed by atoms with Crippen molar-refractivity contribution in [3.05, 3.63) is 63.7 Å². The molecular weight excluding hydrogens is 276 g/mol. The summed E-state index contributed by atoms with van der Waals surface area (Å²) in [5.74, 6) is 0.247. The minimum Gasteiger partial charge on any atom is -0.399 e. The van der Waals surface area contributed by atoms with E-state index in [0.717, 1.165) is 0 Å². The topological polar surface area (TPSA) is 86.2 Å². The van der Waals surface area contributed by atoms with E-state index in [1.807, 2.05) is 0 Å². The molecule has 0 aliphatic carbocycles. The summed E-state index contributed by atoms with van der Waals surface area (Å²) in [6.45, 7) is 1.67. The lowest BCUT2D eigenvalue weighted by Gasteiger charge is -2.07. The molecule has 0 aromatic heterocycles. The zero-order valence-corrected chi connectivity index (χ0v) is 11.7. The number of nitro benzene ring substituents is 1. The largest absolute Gasteiger partial charge is 0.399 e. The van der Waals surface area contributed by atoms with E-state index in [2.05, 4.69) is 0 Å². The highest BCUT2D eigenvalue weighted by molar-refractivity contribution is 7.84. The van der Waals surface area contributed by atoms with Crippen molar-refractivity contribution in [2.45, 2.75) is 17.6 Å². The van der Waals surface area contributed by atoms with Crippen LogP contribution in [0.15, 0.2) is 47.4 Å². The Balaban J connectivity index is 2.26. The fraction of sp³-hybridized carbons (Fsp3) is 0.143.